The van der Waals surface area contributed by atoms with Crippen LogP contribution in [0.2, 0.25) is 0 Å². The van der Waals surface area contributed by atoms with E-state index in [-0.39, 0.29) is 17.8 Å². The van der Waals surface area contributed by atoms with Gasteiger partial charge in [-0.05, 0) is 25.7 Å². The third-order valence-corrected chi connectivity index (χ3v) is 4.19. The minimum atomic E-state index is -0.475. The van der Waals surface area contributed by atoms with Gasteiger partial charge >= 0.3 is 5.97 Å². The number of hydrogen-bond donors (Lipinski definition) is 0. The van der Waals surface area contributed by atoms with E-state index in [1.165, 1.54) is 0 Å². The van der Waals surface area contributed by atoms with Crippen molar-refractivity contribution in [2.24, 2.45) is 10.8 Å². The predicted molar refractivity (Wildman–Crippen MR) is 71.0 cm³/mol. The van der Waals surface area contributed by atoms with Crippen molar-refractivity contribution in [1.29, 1.82) is 0 Å². The lowest BCUT2D eigenvalue weighted by atomic mass is 9.66. The van der Waals surface area contributed by atoms with Gasteiger partial charge in [-0.25, -0.2) is 4.79 Å². The minimum Gasteiger partial charge on any atom is -0.454 e. The van der Waals surface area contributed by atoms with E-state index in [2.05, 4.69) is 6.08 Å². The number of ketones is 1. The molecular weight excluding hydrogens is 228 g/mol. The molecule has 1 rings (SSSR count). The molecule has 0 fully saturated rings. The van der Waals surface area contributed by atoms with Crippen LogP contribution >= 0.6 is 0 Å². The highest BCUT2D eigenvalue weighted by atomic mass is 16.5. The summed E-state index contributed by atoms with van der Waals surface area (Å²) in [5, 5.41) is 0. The summed E-state index contributed by atoms with van der Waals surface area (Å²) in [6.45, 7) is 9.30. The van der Waals surface area contributed by atoms with E-state index >= 15 is 0 Å². The molecule has 0 spiro atoms. The maximum atomic E-state index is 12.3. The highest BCUT2D eigenvalue weighted by molar-refractivity contribution is 5.92. The molecule has 0 radical (unpaired) electrons. The summed E-state index contributed by atoms with van der Waals surface area (Å²) in [5.41, 5.74) is -0.139. The van der Waals surface area contributed by atoms with Gasteiger partial charge in [0.1, 0.15) is 0 Å². The second-order valence-electron chi connectivity index (χ2n) is 5.63. The van der Waals surface area contributed by atoms with E-state index in [0.29, 0.717) is 12.0 Å². The summed E-state index contributed by atoms with van der Waals surface area (Å²) >= 11 is 0. The molecule has 0 heterocycles. The van der Waals surface area contributed by atoms with Crippen LogP contribution in [-0.4, -0.2) is 18.4 Å². The number of Topliss-reactive ketones (excluding diaryl/α,β-unsaturated/α-hetero) is 1. The Morgan fingerprint density at radius 2 is 1.94 bits per heavy atom. The monoisotopic (exact) mass is 250 g/mol. The standard InChI is InChI=1S/C15H22O3/c1-6-11(2)13(17)18-10-12(16)15(5)9-7-8-14(15,3)4/h6-8H,9-10H2,1-5H3/b11-6+/t15-/m1/s1. The van der Waals surface area contributed by atoms with Gasteiger partial charge in [0.05, 0.1) is 0 Å². The van der Waals surface area contributed by atoms with Gasteiger partial charge in [-0.15, -0.1) is 0 Å². The van der Waals surface area contributed by atoms with E-state index in [0.717, 1.165) is 0 Å². The summed E-state index contributed by atoms with van der Waals surface area (Å²) in [7, 11) is 0. The van der Waals surface area contributed by atoms with Crippen molar-refractivity contribution in [2.75, 3.05) is 6.61 Å². The normalized spacial score (nSPS) is 26.2. The van der Waals surface area contributed by atoms with Crippen LogP contribution in [0.25, 0.3) is 0 Å². The van der Waals surface area contributed by atoms with Crippen molar-refractivity contribution in [2.45, 2.75) is 41.0 Å². The average Bonchev–Trinajstić information content (AvgIpc) is 2.60. The maximum absolute atomic E-state index is 12.3. The lowest BCUT2D eigenvalue weighted by Crippen LogP contribution is -2.40. The minimum absolute atomic E-state index is 0.0187. The van der Waals surface area contributed by atoms with Gasteiger partial charge in [0.2, 0.25) is 0 Å². The lowest BCUT2D eigenvalue weighted by Gasteiger charge is -2.36. The summed E-state index contributed by atoms with van der Waals surface area (Å²) in [4.78, 5) is 23.8. The fourth-order valence-corrected chi connectivity index (χ4v) is 2.03. The van der Waals surface area contributed by atoms with Crippen molar-refractivity contribution in [1.82, 2.24) is 0 Å². The molecule has 0 aromatic rings. The molecule has 1 aliphatic carbocycles. The highest BCUT2D eigenvalue weighted by Gasteiger charge is 2.47. The fourth-order valence-electron chi connectivity index (χ4n) is 2.03. The zero-order valence-electron chi connectivity index (χ0n) is 11.9. The van der Waals surface area contributed by atoms with Crippen LogP contribution in [-0.2, 0) is 14.3 Å². The van der Waals surface area contributed by atoms with Crippen LogP contribution < -0.4 is 0 Å². The van der Waals surface area contributed by atoms with Crippen LogP contribution in [0, 0.1) is 10.8 Å². The topological polar surface area (TPSA) is 43.4 Å². The Hall–Kier alpha value is -1.38. The van der Waals surface area contributed by atoms with Crippen LogP contribution in [0.5, 0.6) is 0 Å². The molecule has 0 bridgehead atoms. The number of ether oxygens (including phenoxy) is 1. The van der Waals surface area contributed by atoms with Crippen LogP contribution in [0.3, 0.4) is 0 Å². The molecule has 0 amide bonds. The summed E-state index contributed by atoms with van der Waals surface area (Å²) in [6, 6.07) is 0. The van der Waals surface area contributed by atoms with Gasteiger partial charge in [-0.2, -0.15) is 0 Å². The van der Waals surface area contributed by atoms with E-state index in [9.17, 15) is 9.59 Å². The summed E-state index contributed by atoms with van der Waals surface area (Å²) < 4.78 is 5.04. The average molecular weight is 250 g/mol. The van der Waals surface area contributed by atoms with Gasteiger partial charge in [0.25, 0.3) is 0 Å². The van der Waals surface area contributed by atoms with E-state index in [4.69, 9.17) is 4.74 Å². The Balaban J connectivity index is 2.65. The van der Waals surface area contributed by atoms with Crippen molar-refractivity contribution in [3.05, 3.63) is 23.8 Å². The Kier molecular flexibility index (Phi) is 4.15. The molecule has 1 aliphatic rings. The second-order valence-corrected chi connectivity index (χ2v) is 5.63. The molecule has 0 aliphatic heterocycles. The first-order valence-electron chi connectivity index (χ1n) is 6.25. The SMILES string of the molecule is C/C=C(\C)C(=O)OCC(=O)[C@@]1(C)CC=CC1(C)C. The molecule has 0 saturated carbocycles. The Bertz CT molecular complexity index is 415. The number of carbonyl (C=O) groups is 2. The number of allylic oxidation sites excluding steroid dienone is 3. The Labute approximate surface area is 109 Å². The van der Waals surface area contributed by atoms with Crippen molar-refractivity contribution in [3.63, 3.8) is 0 Å². The van der Waals surface area contributed by atoms with Crippen LogP contribution in [0.1, 0.15) is 41.0 Å². The van der Waals surface area contributed by atoms with Gasteiger partial charge in [-0.3, -0.25) is 4.79 Å². The van der Waals surface area contributed by atoms with Crippen LogP contribution in [0.4, 0.5) is 0 Å². The maximum Gasteiger partial charge on any atom is 0.333 e. The molecule has 0 aromatic heterocycles. The molecule has 1 atom stereocenters. The number of carbonyl (C=O) groups excluding carboxylic acids is 2. The smallest absolute Gasteiger partial charge is 0.333 e. The Morgan fingerprint density at radius 1 is 1.33 bits per heavy atom. The van der Waals surface area contributed by atoms with Crippen molar-refractivity contribution in [3.8, 4) is 0 Å². The van der Waals surface area contributed by atoms with Gasteiger partial charge < -0.3 is 4.74 Å². The quantitative estimate of drug-likeness (QED) is 0.437. The van der Waals surface area contributed by atoms with Crippen LogP contribution in [0.15, 0.2) is 23.8 Å². The van der Waals surface area contributed by atoms with Gasteiger partial charge in [-0.1, -0.05) is 39.0 Å². The lowest BCUT2D eigenvalue weighted by molar-refractivity contribution is -0.149. The molecule has 0 saturated heterocycles. The highest BCUT2D eigenvalue weighted by Crippen LogP contribution is 2.48. The number of hydrogen-bond acceptors (Lipinski definition) is 3. The van der Waals surface area contributed by atoms with Gasteiger partial charge in [0.15, 0.2) is 12.4 Å². The predicted octanol–water partition coefficient (Wildman–Crippen LogP) is 3.06. The summed E-state index contributed by atoms with van der Waals surface area (Å²) in [6.07, 6.45) is 6.47. The molecule has 18 heavy (non-hydrogen) atoms. The summed E-state index contributed by atoms with van der Waals surface area (Å²) in [5.74, 6) is -0.437. The van der Waals surface area contributed by atoms with Crippen molar-refractivity contribution < 1.29 is 14.3 Å². The number of esters is 1. The molecular formula is C15H22O3. The zero-order chi connectivity index (χ0) is 14.0. The molecule has 0 aromatic carbocycles. The Morgan fingerprint density at radius 3 is 2.39 bits per heavy atom. The first-order valence-corrected chi connectivity index (χ1v) is 6.25. The molecule has 0 N–H and O–H groups in total. The second kappa shape index (κ2) is 5.09. The first kappa shape index (κ1) is 14.7. The third kappa shape index (κ3) is 2.55. The van der Waals surface area contributed by atoms with E-state index in [1.807, 2.05) is 26.8 Å². The zero-order valence-corrected chi connectivity index (χ0v) is 11.9. The largest absolute Gasteiger partial charge is 0.454 e. The molecule has 100 valence electrons. The van der Waals surface area contributed by atoms with E-state index < -0.39 is 11.4 Å². The van der Waals surface area contributed by atoms with E-state index in [1.54, 1.807) is 19.9 Å². The molecule has 0 unspecified atom stereocenters. The van der Waals surface area contributed by atoms with Crippen molar-refractivity contribution >= 4 is 11.8 Å². The fraction of sp³-hybridized carbons (Fsp3) is 0.600. The molecule has 3 heteroatoms. The van der Waals surface area contributed by atoms with Gasteiger partial charge in [0, 0.05) is 11.0 Å². The molecule has 3 nitrogen and oxygen atoms in total. The number of rotatable bonds is 4. The third-order valence-electron chi connectivity index (χ3n) is 4.19. The first-order chi connectivity index (χ1) is 8.24.